The van der Waals surface area contributed by atoms with Crippen molar-refractivity contribution in [2.45, 2.75) is 0 Å². The van der Waals surface area contributed by atoms with Crippen LogP contribution in [0.15, 0.2) is 340 Å². The van der Waals surface area contributed by atoms with Gasteiger partial charge in [-0.05, 0) is 175 Å². The minimum absolute atomic E-state index is 0.575. The lowest BCUT2D eigenvalue weighted by Crippen LogP contribution is -2.10. The van der Waals surface area contributed by atoms with E-state index in [1.807, 2.05) is 0 Å². The van der Waals surface area contributed by atoms with E-state index in [-0.39, 0.29) is 0 Å². The van der Waals surface area contributed by atoms with Crippen molar-refractivity contribution in [2.75, 3.05) is 9.80 Å². The standard InChI is InChI=1S/C86H56N8/c1-6-24-59(25-7-1)89(60-26-8-2-9-27-60)64-45-50-83-73(54-64)69-36-18-22-40-79(69)93(83)85-75-56-66(44-47-76(75)87-86(88-85)94-80-41-23-19-37-70(80)74-55-65(46-51-84(74)94)90(61-28-10-3-11-29-61)62-30-12-4-13-31-62)92-78-39-21-17-35-68(78)72-53-58(43-49-82(72)92)57-42-48-81-71(52-57)67-34-16-20-38-77(67)91(81)63-32-14-5-15-33-63/h1-56H. The first-order chi connectivity index (χ1) is 46.6. The highest BCUT2D eigenvalue weighted by molar-refractivity contribution is 6.15. The molecule has 8 heteroatoms. The Morgan fingerprint density at radius 1 is 0.202 bits per heavy atom. The second-order valence-electron chi connectivity index (χ2n) is 24.2. The summed E-state index contributed by atoms with van der Waals surface area (Å²) < 4.78 is 9.42. The van der Waals surface area contributed by atoms with Gasteiger partial charge in [0.1, 0.15) is 0 Å². The van der Waals surface area contributed by atoms with Crippen molar-refractivity contribution in [1.82, 2.24) is 28.2 Å². The molecule has 5 aromatic heterocycles. The van der Waals surface area contributed by atoms with Gasteiger partial charge in [0.2, 0.25) is 5.95 Å². The molecular weight excluding hydrogens is 1150 g/mol. The summed E-state index contributed by atoms with van der Waals surface area (Å²) in [5.74, 6) is 1.35. The van der Waals surface area contributed by atoms with Crippen LogP contribution in [0.25, 0.3) is 132 Å². The highest BCUT2D eigenvalue weighted by Gasteiger charge is 2.25. The fourth-order valence-corrected chi connectivity index (χ4v) is 14.8. The number of benzene rings is 14. The van der Waals surface area contributed by atoms with Gasteiger partial charge >= 0.3 is 0 Å². The molecule has 0 spiro atoms. The average molecular weight is 1200 g/mol. The molecular formula is C86H56N8. The van der Waals surface area contributed by atoms with E-state index in [0.29, 0.717) is 5.95 Å². The Morgan fingerprint density at radius 2 is 0.543 bits per heavy atom. The third kappa shape index (κ3) is 8.40. The van der Waals surface area contributed by atoms with Gasteiger partial charge in [0.25, 0.3) is 0 Å². The van der Waals surface area contributed by atoms with E-state index >= 15 is 0 Å². The normalized spacial score (nSPS) is 11.8. The predicted molar refractivity (Wildman–Crippen MR) is 392 cm³/mol. The maximum Gasteiger partial charge on any atom is 0.237 e. The van der Waals surface area contributed by atoms with E-state index in [9.17, 15) is 0 Å². The predicted octanol–water partition coefficient (Wildman–Crippen LogP) is 22.6. The number of fused-ring (bicyclic) bond motifs is 13. The molecule has 0 fully saturated rings. The van der Waals surface area contributed by atoms with Gasteiger partial charge in [0, 0.05) is 94.0 Å². The molecule has 0 amide bonds. The van der Waals surface area contributed by atoms with Gasteiger partial charge in [-0.25, -0.2) is 4.98 Å². The van der Waals surface area contributed by atoms with Crippen LogP contribution in [0.4, 0.5) is 34.1 Å². The zero-order valence-electron chi connectivity index (χ0n) is 50.9. The third-order valence-corrected chi connectivity index (χ3v) is 18.9. The zero-order valence-corrected chi connectivity index (χ0v) is 50.9. The zero-order chi connectivity index (χ0) is 61.8. The van der Waals surface area contributed by atoms with Crippen molar-refractivity contribution in [2.24, 2.45) is 0 Å². The Balaban J connectivity index is 0.826. The summed E-state index contributed by atoms with van der Waals surface area (Å²) in [6.07, 6.45) is 0. The molecule has 0 radical (unpaired) electrons. The second kappa shape index (κ2) is 21.4. The van der Waals surface area contributed by atoms with Crippen LogP contribution in [0.2, 0.25) is 0 Å². The molecule has 0 aliphatic rings. The number of para-hydroxylation sites is 9. The van der Waals surface area contributed by atoms with Crippen molar-refractivity contribution >= 4 is 132 Å². The molecule has 0 aliphatic heterocycles. The summed E-state index contributed by atoms with van der Waals surface area (Å²) in [4.78, 5) is 16.3. The van der Waals surface area contributed by atoms with Crippen LogP contribution in [0.5, 0.6) is 0 Å². The molecule has 8 nitrogen and oxygen atoms in total. The number of anilines is 6. The molecule has 5 heterocycles. The van der Waals surface area contributed by atoms with Gasteiger partial charge in [-0.3, -0.25) is 9.13 Å². The molecule has 0 bridgehead atoms. The fraction of sp³-hybridized carbons (Fsp3) is 0. The molecule has 19 aromatic rings. The van der Waals surface area contributed by atoms with Crippen molar-refractivity contribution in [1.29, 1.82) is 0 Å². The van der Waals surface area contributed by atoms with Crippen LogP contribution in [-0.4, -0.2) is 28.2 Å². The largest absolute Gasteiger partial charge is 0.310 e. The van der Waals surface area contributed by atoms with E-state index in [1.165, 1.54) is 38.1 Å². The van der Waals surface area contributed by atoms with Crippen molar-refractivity contribution in [3.8, 4) is 34.3 Å². The molecule has 0 saturated heterocycles. The number of aromatic nitrogens is 6. The third-order valence-electron chi connectivity index (χ3n) is 18.9. The molecule has 440 valence electrons. The molecule has 0 saturated carbocycles. The Bertz CT molecular complexity index is 6090. The monoisotopic (exact) mass is 1200 g/mol. The van der Waals surface area contributed by atoms with Crippen LogP contribution in [0.3, 0.4) is 0 Å². The first kappa shape index (κ1) is 53.1. The number of hydrogen-bond donors (Lipinski definition) is 0. The lowest BCUT2D eigenvalue weighted by atomic mass is 10.0. The molecule has 0 N–H and O–H groups in total. The van der Waals surface area contributed by atoms with Gasteiger partial charge in [-0.1, -0.05) is 176 Å². The van der Waals surface area contributed by atoms with Crippen molar-refractivity contribution in [3.63, 3.8) is 0 Å². The van der Waals surface area contributed by atoms with Gasteiger partial charge in [0.15, 0.2) is 5.82 Å². The first-order valence-corrected chi connectivity index (χ1v) is 32.0. The fourth-order valence-electron chi connectivity index (χ4n) is 14.8. The van der Waals surface area contributed by atoms with Crippen LogP contribution < -0.4 is 9.80 Å². The summed E-state index contributed by atoms with van der Waals surface area (Å²) in [6.45, 7) is 0. The number of rotatable bonds is 11. The summed E-state index contributed by atoms with van der Waals surface area (Å²) in [5, 5.41) is 10.2. The maximum atomic E-state index is 5.93. The first-order valence-electron chi connectivity index (χ1n) is 32.0. The van der Waals surface area contributed by atoms with Crippen molar-refractivity contribution in [3.05, 3.63) is 340 Å². The summed E-state index contributed by atoms with van der Waals surface area (Å²) in [5.41, 5.74) is 20.4. The molecule has 14 aromatic carbocycles. The molecule has 19 rings (SSSR count). The lowest BCUT2D eigenvalue weighted by Gasteiger charge is -2.25. The van der Waals surface area contributed by atoms with Gasteiger partial charge in [-0.15, -0.1) is 0 Å². The highest BCUT2D eigenvalue weighted by Crippen LogP contribution is 2.45. The van der Waals surface area contributed by atoms with E-state index < -0.39 is 0 Å². The lowest BCUT2D eigenvalue weighted by molar-refractivity contribution is 0.972. The Hall–Kier alpha value is -12.8. The Kier molecular flexibility index (Phi) is 12.1. The second-order valence-corrected chi connectivity index (χ2v) is 24.2. The van der Waals surface area contributed by atoms with E-state index in [0.717, 1.165) is 122 Å². The van der Waals surface area contributed by atoms with Crippen LogP contribution in [-0.2, 0) is 0 Å². The average Bonchev–Trinajstić information content (AvgIpc) is 1.56. The quantitative estimate of drug-likeness (QED) is 0.129. The molecule has 0 unspecified atom stereocenters. The highest BCUT2D eigenvalue weighted by atomic mass is 15.2. The minimum atomic E-state index is 0.575. The van der Waals surface area contributed by atoms with Crippen molar-refractivity contribution < 1.29 is 0 Å². The SMILES string of the molecule is c1ccc(N(c2ccccc2)c2ccc3c(c2)c2ccccc2n3-c2nc(-n3c4ccccc4c4cc(N(c5ccccc5)c5ccccc5)ccc43)c3cc(-n4c5ccccc5c5cc(-c6ccc7c(c6)c6ccccc6n7-c6ccccc6)ccc54)ccc3n2)cc1. The van der Waals surface area contributed by atoms with Gasteiger partial charge < -0.3 is 18.9 Å². The van der Waals surface area contributed by atoms with Gasteiger partial charge in [-0.2, -0.15) is 4.98 Å². The van der Waals surface area contributed by atoms with Gasteiger partial charge in [0.05, 0.1) is 49.7 Å². The number of hydrogen-bond acceptors (Lipinski definition) is 4. The van der Waals surface area contributed by atoms with E-state index in [2.05, 4.69) is 368 Å². The Labute approximate surface area is 541 Å². The Morgan fingerprint density at radius 3 is 1.00 bits per heavy atom. The van der Waals surface area contributed by atoms with E-state index in [1.54, 1.807) is 0 Å². The molecule has 94 heavy (non-hydrogen) atoms. The summed E-state index contributed by atoms with van der Waals surface area (Å²) in [6, 6.07) is 122. The van der Waals surface area contributed by atoms with Crippen LogP contribution in [0.1, 0.15) is 0 Å². The molecule has 0 atom stereocenters. The smallest absolute Gasteiger partial charge is 0.237 e. The summed E-state index contributed by atoms with van der Waals surface area (Å²) >= 11 is 0. The maximum absolute atomic E-state index is 5.93. The molecule has 0 aliphatic carbocycles. The minimum Gasteiger partial charge on any atom is -0.310 e. The summed E-state index contributed by atoms with van der Waals surface area (Å²) in [7, 11) is 0. The van der Waals surface area contributed by atoms with Crippen LogP contribution in [0, 0.1) is 0 Å². The van der Waals surface area contributed by atoms with E-state index in [4.69, 9.17) is 9.97 Å². The topological polar surface area (TPSA) is 52.0 Å². The number of nitrogens with zero attached hydrogens (tertiary/aromatic N) is 8. The van der Waals surface area contributed by atoms with Crippen LogP contribution >= 0.6 is 0 Å².